The second kappa shape index (κ2) is 6.75. The Balaban J connectivity index is 0.000000980. The molecule has 0 nitrogen and oxygen atoms in total. The number of rotatable bonds is 2. The van der Waals surface area contributed by atoms with Crippen molar-refractivity contribution in [2.75, 3.05) is 0 Å². The molecule has 15 heavy (non-hydrogen) atoms. The van der Waals surface area contributed by atoms with E-state index in [1.807, 2.05) is 0 Å². The Morgan fingerprint density at radius 2 is 1.87 bits per heavy atom. The van der Waals surface area contributed by atoms with Gasteiger partial charge in [-0.1, -0.05) is 0 Å². The standard InChI is InChI=1S/C7H9.C5H5.2ClH.Ti/c1-6-3-4-7(2)5-6;1-2-4-5-3-1;;;/h3H,4H2,1-2H3;1-3H,4H2;2*1H;/q;;;;+2/p-2. The molecule has 2 aliphatic rings. The van der Waals surface area contributed by atoms with E-state index in [2.05, 4.69) is 38.2 Å². The maximum absolute atomic E-state index is 2.37. The van der Waals surface area contributed by atoms with Gasteiger partial charge in [-0.15, -0.1) is 0 Å². The Labute approximate surface area is 113 Å². The van der Waals surface area contributed by atoms with Gasteiger partial charge in [-0.05, 0) is 0 Å². The minimum atomic E-state index is 0. The molecule has 0 heterocycles. The maximum Gasteiger partial charge on any atom is -1.00 e. The SMILES string of the molecule is CC1=CCC(C)=[C]1[Ti+2][C]1=CC=CC1.[Cl-].[Cl-]. The molecule has 2 rings (SSSR count). The summed E-state index contributed by atoms with van der Waals surface area (Å²) in [6, 6.07) is 0. The van der Waals surface area contributed by atoms with Crippen molar-refractivity contribution in [2.24, 2.45) is 0 Å². The van der Waals surface area contributed by atoms with Gasteiger partial charge in [0, 0.05) is 0 Å². The van der Waals surface area contributed by atoms with Crippen LogP contribution in [0.15, 0.2) is 43.2 Å². The summed E-state index contributed by atoms with van der Waals surface area (Å²) >= 11 is 0.00810. The summed E-state index contributed by atoms with van der Waals surface area (Å²) < 4.78 is 3.39. The van der Waals surface area contributed by atoms with Crippen LogP contribution in [0.4, 0.5) is 0 Å². The number of hydrogen-bond acceptors (Lipinski definition) is 0. The van der Waals surface area contributed by atoms with Crippen molar-refractivity contribution in [1.82, 2.24) is 0 Å². The van der Waals surface area contributed by atoms with Gasteiger partial charge < -0.3 is 24.8 Å². The molecule has 0 bridgehead atoms. The first-order chi connectivity index (χ1) is 6.27. The molecule has 0 N–H and O–H groups in total. The minimum absolute atomic E-state index is 0. The van der Waals surface area contributed by atoms with Crippen LogP contribution in [0.3, 0.4) is 0 Å². The van der Waals surface area contributed by atoms with E-state index in [9.17, 15) is 0 Å². The second-order valence-electron chi connectivity index (χ2n) is 3.70. The molecule has 3 heteroatoms. The van der Waals surface area contributed by atoms with Crippen LogP contribution in [0.2, 0.25) is 0 Å². The topological polar surface area (TPSA) is 0 Å². The maximum atomic E-state index is 2.37. The Morgan fingerprint density at radius 1 is 1.13 bits per heavy atom. The van der Waals surface area contributed by atoms with Crippen LogP contribution in [-0.4, -0.2) is 0 Å². The summed E-state index contributed by atoms with van der Waals surface area (Å²) in [5, 5.41) is 0. The Bertz CT molecular complexity index is 349. The molecule has 0 atom stereocenters. The first kappa shape index (κ1) is 15.3. The molecule has 0 aromatic rings. The first-order valence-electron chi connectivity index (χ1n) is 4.77. The van der Waals surface area contributed by atoms with Gasteiger partial charge >= 0.3 is 89.0 Å². The molecule has 0 aromatic heterocycles. The zero-order valence-corrected chi connectivity index (χ0v) is 12.1. The Kier molecular flexibility index (Phi) is 6.87. The van der Waals surface area contributed by atoms with Crippen LogP contribution >= 0.6 is 0 Å². The summed E-state index contributed by atoms with van der Waals surface area (Å²) in [5.74, 6) is 0. The van der Waals surface area contributed by atoms with Gasteiger partial charge in [0.2, 0.25) is 0 Å². The molecule has 0 amide bonds. The summed E-state index contributed by atoms with van der Waals surface area (Å²) in [6.45, 7) is 4.55. The second-order valence-corrected chi connectivity index (χ2v) is 5.87. The van der Waals surface area contributed by atoms with E-state index in [1.165, 1.54) is 12.8 Å². The van der Waals surface area contributed by atoms with Crippen molar-refractivity contribution in [1.29, 1.82) is 0 Å². The summed E-state index contributed by atoms with van der Waals surface area (Å²) in [6.07, 6.45) is 11.6. The van der Waals surface area contributed by atoms with Crippen LogP contribution in [0.25, 0.3) is 0 Å². The van der Waals surface area contributed by atoms with E-state index in [0.29, 0.717) is 0 Å². The molecular formula is C12H14Cl2Ti. The van der Waals surface area contributed by atoms with Crippen LogP contribution in [-0.2, 0) is 19.2 Å². The zero-order valence-electron chi connectivity index (χ0n) is 8.98. The van der Waals surface area contributed by atoms with Crippen LogP contribution in [0.1, 0.15) is 26.7 Å². The fraction of sp³-hybridized carbons (Fsp3) is 0.333. The molecule has 0 aromatic carbocycles. The Morgan fingerprint density at radius 3 is 2.33 bits per heavy atom. The number of halogens is 2. The molecule has 0 saturated carbocycles. The minimum Gasteiger partial charge on any atom is -1.00 e. The van der Waals surface area contributed by atoms with E-state index in [-0.39, 0.29) is 44.0 Å². The van der Waals surface area contributed by atoms with Crippen LogP contribution < -0.4 is 24.8 Å². The summed E-state index contributed by atoms with van der Waals surface area (Å²) in [5.41, 5.74) is 3.16. The summed E-state index contributed by atoms with van der Waals surface area (Å²) in [7, 11) is 0. The van der Waals surface area contributed by atoms with Crippen molar-refractivity contribution in [3.05, 3.63) is 43.2 Å². The first-order valence-corrected chi connectivity index (χ1v) is 6.33. The van der Waals surface area contributed by atoms with Crippen molar-refractivity contribution >= 4 is 0 Å². The van der Waals surface area contributed by atoms with Crippen molar-refractivity contribution < 1.29 is 44.0 Å². The van der Waals surface area contributed by atoms with Crippen molar-refractivity contribution in [2.45, 2.75) is 26.7 Å². The molecule has 0 unspecified atom stereocenters. The molecule has 0 spiro atoms. The average molecular weight is 277 g/mol. The van der Waals surface area contributed by atoms with E-state index < -0.39 is 0 Å². The number of allylic oxidation sites excluding steroid dienone is 8. The average Bonchev–Trinajstić information content (AvgIpc) is 2.70. The zero-order chi connectivity index (χ0) is 9.26. The molecule has 80 valence electrons. The largest absolute Gasteiger partial charge is 1.00 e. The predicted molar refractivity (Wildman–Crippen MR) is 52.9 cm³/mol. The van der Waals surface area contributed by atoms with E-state index in [1.54, 1.807) is 18.9 Å². The monoisotopic (exact) mass is 276 g/mol. The smallest absolute Gasteiger partial charge is 1.00 e. The molecule has 0 fully saturated rings. The van der Waals surface area contributed by atoms with Gasteiger partial charge in [0.05, 0.1) is 0 Å². The van der Waals surface area contributed by atoms with Crippen LogP contribution in [0, 0.1) is 0 Å². The van der Waals surface area contributed by atoms with Crippen LogP contribution in [0.5, 0.6) is 0 Å². The molecular weight excluding hydrogens is 263 g/mol. The molecule has 2 aliphatic carbocycles. The van der Waals surface area contributed by atoms with Crippen molar-refractivity contribution in [3.63, 3.8) is 0 Å². The third-order valence-electron chi connectivity index (χ3n) is 2.59. The third-order valence-corrected chi connectivity index (χ3v) is 5.35. The quantitative estimate of drug-likeness (QED) is 0.491. The van der Waals surface area contributed by atoms with Gasteiger partial charge in [-0.25, -0.2) is 0 Å². The van der Waals surface area contributed by atoms with Crippen molar-refractivity contribution in [3.8, 4) is 0 Å². The molecule has 0 saturated heterocycles. The molecule has 0 radical (unpaired) electrons. The van der Waals surface area contributed by atoms with E-state index in [0.717, 1.165) is 0 Å². The van der Waals surface area contributed by atoms with E-state index in [4.69, 9.17) is 0 Å². The van der Waals surface area contributed by atoms with Gasteiger partial charge in [0.1, 0.15) is 0 Å². The van der Waals surface area contributed by atoms with Gasteiger partial charge in [0.15, 0.2) is 0 Å². The molecule has 0 aliphatic heterocycles. The summed E-state index contributed by atoms with van der Waals surface area (Å²) in [4.78, 5) is 0. The van der Waals surface area contributed by atoms with Gasteiger partial charge in [-0.3, -0.25) is 0 Å². The fourth-order valence-corrected chi connectivity index (χ4v) is 3.84. The predicted octanol–water partition coefficient (Wildman–Crippen LogP) is -2.46. The number of hydrogen-bond donors (Lipinski definition) is 0. The van der Waals surface area contributed by atoms with Gasteiger partial charge in [0.25, 0.3) is 0 Å². The fourth-order valence-electron chi connectivity index (χ4n) is 1.75. The Hall–Kier alpha value is 0.254. The van der Waals surface area contributed by atoms with Gasteiger partial charge in [-0.2, -0.15) is 0 Å². The normalized spacial score (nSPS) is 17.7. The van der Waals surface area contributed by atoms with E-state index >= 15 is 0 Å². The third kappa shape index (κ3) is 3.64.